The number of carbonyl (C=O) groups excluding carboxylic acids is 1. The fraction of sp³-hybridized carbons (Fsp3) is 0.476. The maximum absolute atomic E-state index is 12.7. The van der Waals surface area contributed by atoms with Crippen LogP contribution in [0.4, 0.5) is 0 Å². The lowest BCUT2D eigenvalue weighted by Crippen LogP contribution is -2.43. The number of benzene rings is 1. The minimum Gasteiger partial charge on any atom is -0.460 e. The van der Waals surface area contributed by atoms with E-state index in [-0.39, 0.29) is 23.2 Å². The van der Waals surface area contributed by atoms with Gasteiger partial charge in [0.2, 0.25) is 0 Å². The third-order valence-corrected chi connectivity index (χ3v) is 6.45. The lowest BCUT2D eigenvalue weighted by Gasteiger charge is -2.36. The summed E-state index contributed by atoms with van der Waals surface area (Å²) >= 11 is 0. The predicted molar refractivity (Wildman–Crippen MR) is 107 cm³/mol. The zero-order chi connectivity index (χ0) is 19.8. The Labute approximate surface area is 168 Å². The third kappa shape index (κ3) is 3.37. The summed E-state index contributed by atoms with van der Waals surface area (Å²) in [7, 11) is 0. The van der Waals surface area contributed by atoms with Gasteiger partial charge in [0.1, 0.15) is 6.10 Å². The highest BCUT2D eigenvalue weighted by Gasteiger charge is 2.50. The average molecular weight is 395 g/mol. The molecule has 2 aliphatic heterocycles. The number of ether oxygens (including phenoxy) is 1. The van der Waals surface area contributed by atoms with Crippen LogP contribution < -0.4 is 5.69 Å². The first-order valence-corrected chi connectivity index (χ1v) is 10.2. The molecule has 8 heteroatoms. The number of H-pyrrole nitrogens is 1. The van der Waals surface area contributed by atoms with Gasteiger partial charge in [-0.25, -0.2) is 9.78 Å². The molecule has 4 heterocycles. The van der Waals surface area contributed by atoms with Crippen molar-refractivity contribution in [2.75, 3.05) is 19.6 Å². The van der Waals surface area contributed by atoms with Gasteiger partial charge in [0, 0.05) is 31.9 Å². The van der Waals surface area contributed by atoms with E-state index in [1.807, 2.05) is 30.6 Å². The molecule has 2 aliphatic rings. The summed E-state index contributed by atoms with van der Waals surface area (Å²) in [5.41, 5.74) is 1.59. The first-order chi connectivity index (χ1) is 14.1. The second kappa shape index (κ2) is 7.18. The fourth-order valence-corrected chi connectivity index (χ4v) is 4.70. The molecule has 5 rings (SSSR count). The van der Waals surface area contributed by atoms with Gasteiger partial charge in [-0.15, -0.1) is 0 Å². The number of carbonyl (C=O) groups is 1. The monoisotopic (exact) mass is 395 g/mol. The van der Waals surface area contributed by atoms with E-state index in [1.54, 1.807) is 17.0 Å². The number of piperidine rings is 1. The maximum Gasteiger partial charge on any atom is 0.325 e. The summed E-state index contributed by atoms with van der Waals surface area (Å²) in [5, 5.41) is 0. The molecule has 0 aliphatic carbocycles. The number of fused-ring (bicyclic) bond motifs is 1. The number of nitrogens with zero attached hydrogens (tertiary/aromatic N) is 4. The number of cyclic esters (lactones) is 1. The van der Waals surface area contributed by atoms with Gasteiger partial charge < -0.3 is 19.2 Å². The standard InChI is InChI=1S/C21H25N5O3/c27-19-21(5-8-24(9-6-21)11-12-25-10-7-22-20(25)28)13-16(29-19)14-26-15-23-17-3-1-2-4-18(17)26/h1-4,7,10,15-16H,5-6,8-9,11-14H2,(H,22,28). The molecule has 1 N–H and O–H groups in total. The molecule has 0 bridgehead atoms. The molecule has 29 heavy (non-hydrogen) atoms. The van der Waals surface area contributed by atoms with Crippen LogP contribution in [-0.4, -0.2) is 55.7 Å². The summed E-state index contributed by atoms with van der Waals surface area (Å²) < 4.78 is 9.55. The van der Waals surface area contributed by atoms with E-state index in [9.17, 15) is 9.59 Å². The number of aromatic amines is 1. The molecule has 2 fully saturated rings. The van der Waals surface area contributed by atoms with Gasteiger partial charge in [-0.2, -0.15) is 0 Å². The Morgan fingerprint density at radius 3 is 2.76 bits per heavy atom. The number of imidazole rings is 2. The number of esters is 1. The van der Waals surface area contributed by atoms with Crippen LogP contribution in [0.1, 0.15) is 19.3 Å². The molecule has 152 valence electrons. The number of likely N-dealkylation sites (tertiary alicyclic amines) is 1. The average Bonchev–Trinajstić information content (AvgIpc) is 3.41. The maximum atomic E-state index is 12.7. The van der Waals surface area contributed by atoms with Crippen molar-refractivity contribution < 1.29 is 9.53 Å². The van der Waals surface area contributed by atoms with Crippen molar-refractivity contribution in [3.8, 4) is 0 Å². The van der Waals surface area contributed by atoms with Gasteiger partial charge in [0.25, 0.3) is 0 Å². The second-order valence-corrected chi connectivity index (χ2v) is 8.20. The third-order valence-electron chi connectivity index (χ3n) is 6.45. The Balaban J connectivity index is 1.19. The van der Waals surface area contributed by atoms with E-state index in [2.05, 4.69) is 19.4 Å². The van der Waals surface area contributed by atoms with Gasteiger partial charge in [-0.05, 0) is 38.1 Å². The van der Waals surface area contributed by atoms with E-state index in [0.717, 1.165) is 49.9 Å². The number of nitrogens with one attached hydrogen (secondary N) is 1. The van der Waals surface area contributed by atoms with E-state index in [4.69, 9.17) is 4.74 Å². The quantitative estimate of drug-likeness (QED) is 0.664. The van der Waals surface area contributed by atoms with Crippen molar-refractivity contribution in [2.24, 2.45) is 5.41 Å². The first kappa shape index (κ1) is 18.2. The summed E-state index contributed by atoms with van der Waals surface area (Å²) in [5.74, 6) is -0.0478. The SMILES string of the molecule is O=C1OC(Cn2cnc3ccccc32)CC12CCN(CCn1cc[nH]c1=O)CC2. The van der Waals surface area contributed by atoms with Crippen molar-refractivity contribution in [3.63, 3.8) is 0 Å². The molecule has 0 saturated carbocycles. The van der Waals surface area contributed by atoms with Gasteiger partial charge in [-0.3, -0.25) is 9.36 Å². The number of para-hydroxylation sites is 2. The number of hydrogen-bond acceptors (Lipinski definition) is 5. The van der Waals surface area contributed by atoms with Gasteiger partial charge in [0.15, 0.2) is 0 Å². The first-order valence-electron chi connectivity index (χ1n) is 10.2. The van der Waals surface area contributed by atoms with Crippen molar-refractivity contribution in [2.45, 2.75) is 38.5 Å². The minimum atomic E-state index is -0.359. The van der Waals surface area contributed by atoms with Crippen molar-refractivity contribution in [3.05, 3.63) is 53.5 Å². The van der Waals surface area contributed by atoms with Crippen molar-refractivity contribution >= 4 is 17.0 Å². The van der Waals surface area contributed by atoms with Crippen molar-refractivity contribution in [1.29, 1.82) is 0 Å². The van der Waals surface area contributed by atoms with Crippen LogP contribution in [0.15, 0.2) is 47.8 Å². The molecule has 3 aromatic rings. The topological polar surface area (TPSA) is 85.2 Å². The van der Waals surface area contributed by atoms with Crippen LogP contribution in [0.2, 0.25) is 0 Å². The second-order valence-electron chi connectivity index (χ2n) is 8.20. The Kier molecular flexibility index (Phi) is 4.50. The van der Waals surface area contributed by atoms with Crippen LogP contribution in [0.3, 0.4) is 0 Å². The Morgan fingerprint density at radius 2 is 1.97 bits per heavy atom. The molecule has 2 saturated heterocycles. The lowest BCUT2D eigenvalue weighted by atomic mass is 9.76. The molecule has 1 aromatic carbocycles. The molecule has 1 atom stereocenters. The van der Waals surface area contributed by atoms with Gasteiger partial charge in [0.05, 0.1) is 29.3 Å². The van der Waals surface area contributed by atoms with Crippen LogP contribution in [-0.2, 0) is 22.6 Å². The molecule has 0 radical (unpaired) electrons. The number of hydrogen-bond donors (Lipinski definition) is 1. The zero-order valence-electron chi connectivity index (χ0n) is 16.3. The lowest BCUT2D eigenvalue weighted by molar-refractivity contribution is -0.151. The Morgan fingerprint density at radius 1 is 1.14 bits per heavy atom. The summed E-state index contributed by atoms with van der Waals surface area (Å²) in [4.78, 5) is 33.8. The minimum absolute atomic E-state index is 0.0478. The van der Waals surface area contributed by atoms with Crippen molar-refractivity contribution in [1.82, 2.24) is 24.0 Å². The molecular weight excluding hydrogens is 370 g/mol. The molecule has 1 spiro atoms. The van der Waals surface area contributed by atoms with E-state index in [1.165, 1.54) is 0 Å². The Bertz CT molecular complexity index is 1070. The largest absolute Gasteiger partial charge is 0.460 e. The Hall–Kier alpha value is -2.87. The highest BCUT2D eigenvalue weighted by atomic mass is 16.6. The van der Waals surface area contributed by atoms with Crippen LogP contribution >= 0.6 is 0 Å². The summed E-state index contributed by atoms with van der Waals surface area (Å²) in [6, 6.07) is 8.01. The summed E-state index contributed by atoms with van der Waals surface area (Å²) in [6.45, 7) is 3.83. The van der Waals surface area contributed by atoms with Gasteiger partial charge >= 0.3 is 11.7 Å². The molecular formula is C21H25N5O3. The predicted octanol–water partition coefficient (Wildman–Crippen LogP) is 1.62. The number of aromatic nitrogens is 4. The normalized spacial score (nSPS) is 21.8. The molecule has 0 amide bonds. The summed E-state index contributed by atoms with van der Waals surface area (Å²) in [6.07, 6.45) is 7.55. The molecule has 2 aromatic heterocycles. The fourth-order valence-electron chi connectivity index (χ4n) is 4.70. The van der Waals surface area contributed by atoms with Gasteiger partial charge in [-0.1, -0.05) is 12.1 Å². The van der Waals surface area contributed by atoms with Crippen LogP contribution in [0, 0.1) is 5.41 Å². The highest BCUT2D eigenvalue weighted by Crippen LogP contribution is 2.43. The highest BCUT2D eigenvalue weighted by molar-refractivity contribution is 5.79. The molecule has 1 unspecified atom stereocenters. The van der Waals surface area contributed by atoms with Crippen LogP contribution in [0.5, 0.6) is 0 Å². The number of rotatable bonds is 5. The van der Waals surface area contributed by atoms with E-state index in [0.29, 0.717) is 13.1 Å². The molecule has 8 nitrogen and oxygen atoms in total. The van der Waals surface area contributed by atoms with E-state index < -0.39 is 0 Å². The van der Waals surface area contributed by atoms with E-state index >= 15 is 0 Å². The zero-order valence-corrected chi connectivity index (χ0v) is 16.3. The smallest absolute Gasteiger partial charge is 0.325 e. The van der Waals surface area contributed by atoms with Crippen LogP contribution in [0.25, 0.3) is 11.0 Å².